The molecule has 0 nitrogen and oxygen atoms in total. The van der Waals surface area contributed by atoms with Gasteiger partial charge >= 0.3 is 6.18 Å². The summed E-state index contributed by atoms with van der Waals surface area (Å²) >= 11 is 0. The van der Waals surface area contributed by atoms with E-state index in [1.54, 1.807) is 6.07 Å². The van der Waals surface area contributed by atoms with Gasteiger partial charge in [-0.05, 0) is 52.8 Å². The lowest BCUT2D eigenvalue weighted by Gasteiger charge is -2.08. The summed E-state index contributed by atoms with van der Waals surface area (Å²) in [5.41, 5.74) is -0.160. The highest BCUT2D eigenvalue weighted by Gasteiger charge is 2.24. The highest BCUT2D eigenvalue weighted by molar-refractivity contribution is 5.93. The van der Waals surface area contributed by atoms with Crippen molar-refractivity contribution in [2.45, 2.75) is 38.8 Å². The van der Waals surface area contributed by atoms with Crippen LogP contribution in [-0.2, 0) is 6.42 Å². The normalized spacial score (nSPS) is 12.4. The quantitative estimate of drug-likeness (QED) is 0.104. The Labute approximate surface area is 209 Å². The highest BCUT2D eigenvalue weighted by atomic mass is 19.4. The van der Waals surface area contributed by atoms with Crippen molar-refractivity contribution >= 4 is 33.2 Å². The van der Waals surface area contributed by atoms with Crippen molar-refractivity contribution in [1.82, 2.24) is 0 Å². The van der Waals surface area contributed by atoms with E-state index in [0.29, 0.717) is 0 Å². The molecule has 4 rings (SSSR count). The molecule has 0 aromatic heterocycles. The molecule has 4 aromatic carbocycles. The number of benzene rings is 4. The predicted molar refractivity (Wildman–Crippen MR) is 133 cm³/mol. The Morgan fingerprint density at radius 2 is 1.38 bits per heavy atom. The molecule has 0 N–H and O–H groups in total. The Hall–Kier alpha value is -3.79. The van der Waals surface area contributed by atoms with Gasteiger partial charge < -0.3 is 0 Å². The number of fused-ring (bicyclic) bond motifs is 2. The van der Waals surface area contributed by atoms with E-state index in [2.05, 4.69) is 6.92 Å². The maximum atomic E-state index is 15.1. The van der Waals surface area contributed by atoms with Crippen LogP contribution in [0.3, 0.4) is 0 Å². The van der Waals surface area contributed by atoms with Gasteiger partial charge in [0.2, 0.25) is 0 Å². The topological polar surface area (TPSA) is 0 Å². The summed E-state index contributed by atoms with van der Waals surface area (Å²) in [7, 11) is 0. The maximum Gasteiger partial charge on any atom is 0.458 e. The number of hydrogen-bond acceptors (Lipinski definition) is 0. The van der Waals surface area contributed by atoms with Gasteiger partial charge in [-0.1, -0.05) is 68.2 Å². The lowest BCUT2D eigenvalue weighted by atomic mass is 9.99. The molecule has 37 heavy (non-hydrogen) atoms. The fraction of sp³-hybridized carbons (Fsp3) is 0.200. The average Bonchev–Trinajstić information content (AvgIpc) is 2.86. The summed E-state index contributed by atoms with van der Waals surface area (Å²) in [4.78, 5) is 0. The molecule has 0 radical (unpaired) electrons. The number of alkyl halides is 3. The van der Waals surface area contributed by atoms with E-state index >= 15 is 8.78 Å². The van der Waals surface area contributed by atoms with E-state index in [4.69, 9.17) is 0 Å². The van der Waals surface area contributed by atoms with Crippen LogP contribution in [0.5, 0.6) is 0 Å². The summed E-state index contributed by atoms with van der Waals surface area (Å²) in [5.74, 6) is -2.76. The molecule has 0 aliphatic rings. The van der Waals surface area contributed by atoms with Crippen LogP contribution in [0.1, 0.15) is 48.4 Å². The molecule has 0 amide bonds. The number of hydrogen-bond donors (Lipinski definition) is 0. The summed E-state index contributed by atoms with van der Waals surface area (Å²) in [6.45, 7) is 2.13. The van der Waals surface area contributed by atoms with Crippen LogP contribution in [0, 0.1) is 23.5 Å². The molecule has 190 valence electrons. The fourth-order valence-electron chi connectivity index (χ4n) is 4.13. The first-order valence-corrected chi connectivity index (χ1v) is 11.7. The lowest BCUT2D eigenvalue weighted by Crippen LogP contribution is -2.02. The van der Waals surface area contributed by atoms with Gasteiger partial charge in [0.05, 0.1) is 5.56 Å². The van der Waals surface area contributed by atoms with Gasteiger partial charge in [0.15, 0.2) is 11.7 Å². The van der Waals surface area contributed by atoms with E-state index in [-0.39, 0.29) is 21.9 Å². The third kappa shape index (κ3) is 5.96. The monoisotopic (exact) mass is 514 g/mol. The summed E-state index contributed by atoms with van der Waals surface area (Å²) in [6.07, 6.45) is -0.665. The minimum Gasteiger partial charge on any atom is -0.205 e. The van der Waals surface area contributed by atoms with Crippen LogP contribution >= 0.6 is 0 Å². The second-order valence-electron chi connectivity index (χ2n) is 8.71. The van der Waals surface area contributed by atoms with Gasteiger partial charge in [0, 0.05) is 22.4 Å². The molecule has 0 spiro atoms. The third-order valence-corrected chi connectivity index (χ3v) is 6.03. The largest absolute Gasteiger partial charge is 0.458 e. The average molecular weight is 514 g/mol. The van der Waals surface area contributed by atoms with E-state index < -0.39 is 35.0 Å². The van der Waals surface area contributed by atoms with Crippen molar-refractivity contribution < 1.29 is 30.7 Å². The molecule has 7 heteroatoms. The van der Waals surface area contributed by atoms with Crippen molar-refractivity contribution in [2.24, 2.45) is 0 Å². The Balaban J connectivity index is 1.68. The maximum absolute atomic E-state index is 15.1. The Bertz CT molecular complexity index is 1570. The standard InChI is InChI=1S/C30H21F7/c1-2-3-4-5-18-6-7-20-15-21(9-8-19(20)14-18)27(32)28(33)22-10-11-24-23(16-22)17-26(31)25(29(24)34)12-13-30(35,36)37/h6-11,14-17H,2-5H2,1H3/b28-27+. The molecule has 0 unspecified atom stereocenters. The summed E-state index contributed by atoms with van der Waals surface area (Å²) in [6, 6.07) is 14.4. The fourth-order valence-corrected chi connectivity index (χ4v) is 4.13. The molecule has 0 aliphatic heterocycles. The first kappa shape index (κ1) is 26.3. The van der Waals surface area contributed by atoms with Crippen LogP contribution in [0.15, 0.2) is 60.7 Å². The van der Waals surface area contributed by atoms with Crippen LogP contribution in [0.4, 0.5) is 30.7 Å². The van der Waals surface area contributed by atoms with Crippen molar-refractivity contribution in [2.75, 3.05) is 0 Å². The highest BCUT2D eigenvalue weighted by Crippen LogP contribution is 2.33. The van der Waals surface area contributed by atoms with Gasteiger partial charge in [0.25, 0.3) is 0 Å². The zero-order valence-corrected chi connectivity index (χ0v) is 19.7. The van der Waals surface area contributed by atoms with Gasteiger partial charge in [-0.25, -0.2) is 17.6 Å². The number of rotatable bonds is 6. The summed E-state index contributed by atoms with van der Waals surface area (Å²) in [5, 5.41) is 1.20. The molecule has 0 saturated carbocycles. The first-order valence-electron chi connectivity index (χ1n) is 11.7. The van der Waals surface area contributed by atoms with Crippen LogP contribution in [0.25, 0.3) is 33.2 Å². The van der Waals surface area contributed by atoms with Crippen molar-refractivity contribution in [1.29, 1.82) is 0 Å². The lowest BCUT2D eigenvalue weighted by molar-refractivity contribution is -0.0696. The third-order valence-electron chi connectivity index (χ3n) is 6.03. The second-order valence-corrected chi connectivity index (χ2v) is 8.71. The van der Waals surface area contributed by atoms with E-state index in [0.717, 1.165) is 66.6 Å². The molecule has 0 heterocycles. The summed E-state index contributed by atoms with van der Waals surface area (Å²) < 4.78 is 96.1. The smallest absolute Gasteiger partial charge is 0.205 e. The number of aryl methyl sites for hydroxylation is 1. The van der Waals surface area contributed by atoms with Gasteiger partial charge in [-0.3, -0.25) is 0 Å². The Kier molecular flexibility index (Phi) is 7.58. The first-order chi connectivity index (χ1) is 17.6. The molecule has 0 fully saturated rings. The van der Waals surface area contributed by atoms with Gasteiger partial charge in [0.1, 0.15) is 11.6 Å². The van der Waals surface area contributed by atoms with Crippen LogP contribution in [0.2, 0.25) is 0 Å². The van der Waals surface area contributed by atoms with Crippen molar-refractivity contribution in [3.05, 3.63) is 94.6 Å². The molecule has 0 aliphatic carbocycles. The molecule has 0 saturated heterocycles. The Morgan fingerprint density at radius 3 is 2.05 bits per heavy atom. The van der Waals surface area contributed by atoms with Crippen LogP contribution in [-0.4, -0.2) is 6.18 Å². The zero-order chi connectivity index (χ0) is 26.7. The van der Waals surface area contributed by atoms with E-state index in [1.807, 2.05) is 18.2 Å². The zero-order valence-electron chi connectivity index (χ0n) is 19.7. The predicted octanol–water partition coefficient (Wildman–Crippen LogP) is 9.68. The second kappa shape index (κ2) is 10.7. The number of halogens is 7. The minimum absolute atomic E-state index is 0.000959. The molecule has 0 bridgehead atoms. The van der Waals surface area contributed by atoms with Gasteiger partial charge in [-0.2, -0.15) is 13.2 Å². The number of unbranched alkanes of at least 4 members (excludes halogenated alkanes) is 2. The molecule has 4 aromatic rings. The van der Waals surface area contributed by atoms with Gasteiger partial charge in [-0.15, -0.1) is 0 Å². The van der Waals surface area contributed by atoms with E-state index in [9.17, 15) is 22.0 Å². The van der Waals surface area contributed by atoms with Crippen LogP contribution < -0.4 is 0 Å². The van der Waals surface area contributed by atoms with E-state index in [1.165, 1.54) is 23.6 Å². The molecular weight excluding hydrogens is 493 g/mol. The van der Waals surface area contributed by atoms with Crippen molar-refractivity contribution in [3.63, 3.8) is 0 Å². The van der Waals surface area contributed by atoms with Crippen molar-refractivity contribution in [3.8, 4) is 11.8 Å². The Morgan fingerprint density at radius 1 is 0.757 bits per heavy atom. The molecular formula is C30H21F7. The SMILES string of the molecule is CCCCCc1ccc2cc(/C(F)=C(\F)c3ccc4c(F)c(C#CC(F)(F)F)c(F)cc4c3)ccc2c1. The molecule has 0 atom stereocenters. The minimum atomic E-state index is -4.93.